The van der Waals surface area contributed by atoms with Gasteiger partial charge in [0, 0.05) is 25.0 Å². The Hall–Kier alpha value is -1.20. The number of rotatable bonds is 1. The maximum absolute atomic E-state index is 8.68. The second kappa shape index (κ2) is 8.06. The minimum atomic E-state index is -3.76. The summed E-state index contributed by atoms with van der Waals surface area (Å²) in [5, 5.41) is 3.23. The van der Waals surface area contributed by atoms with Gasteiger partial charge in [0.2, 0.25) is 0 Å². The summed E-state index contributed by atoms with van der Waals surface area (Å²) in [5.41, 5.74) is 3.94. The van der Waals surface area contributed by atoms with E-state index in [1.165, 1.54) is 16.9 Å². The molecule has 8 heteroatoms. The van der Waals surface area contributed by atoms with Gasteiger partial charge in [0.05, 0.1) is 0 Å². The number of allylic oxidation sites excluding steroid dienone is 1. The molecule has 0 amide bonds. The van der Waals surface area contributed by atoms with Crippen LogP contribution < -0.4 is 38.2 Å². The second-order valence-corrected chi connectivity index (χ2v) is 6.43. The van der Waals surface area contributed by atoms with Gasteiger partial charge in [0.1, 0.15) is 5.84 Å². The van der Waals surface area contributed by atoms with Gasteiger partial charge in [0.15, 0.2) is 6.29 Å². The molecule has 2 aliphatic heterocycles. The number of halogens is 1. The van der Waals surface area contributed by atoms with Gasteiger partial charge in [-0.1, -0.05) is 18.2 Å². The Kier molecular flexibility index (Phi) is 6.36. The highest BCUT2D eigenvalue weighted by molar-refractivity contribution is 6.07. The molecule has 0 radical (unpaired) electrons. The van der Waals surface area contributed by atoms with Crippen LogP contribution in [0.3, 0.4) is 0 Å². The van der Waals surface area contributed by atoms with Gasteiger partial charge in [-0.3, -0.25) is 5.32 Å². The second-order valence-electron chi connectivity index (χ2n) is 5.28. The van der Waals surface area contributed by atoms with E-state index >= 15 is 0 Å². The number of para-hydroxylation sites is 1. The smallest absolute Gasteiger partial charge is 0.396 e. The Morgan fingerprint density at radius 2 is 2.00 bits per heavy atom. The van der Waals surface area contributed by atoms with E-state index in [1.807, 2.05) is 7.05 Å². The van der Waals surface area contributed by atoms with Gasteiger partial charge in [-0.2, -0.15) is 0 Å². The summed E-state index contributed by atoms with van der Waals surface area (Å²) in [6.45, 7) is 3.14. The lowest BCUT2D eigenvalue weighted by atomic mass is 10.2. The molecule has 2 aliphatic rings. The summed E-state index contributed by atoms with van der Waals surface area (Å²) in [4.78, 5) is 9.25. The molecule has 1 unspecified atom stereocenters. The number of amidine groups is 1. The van der Waals surface area contributed by atoms with Gasteiger partial charge >= 0.3 is 21.1 Å². The first-order chi connectivity index (χ1) is 10.9. The van der Waals surface area contributed by atoms with Crippen molar-refractivity contribution in [2.75, 3.05) is 25.5 Å². The summed E-state index contributed by atoms with van der Waals surface area (Å²) < 4.78 is 24.5. The van der Waals surface area contributed by atoms with Crippen molar-refractivity contribution in [3.8, 4) is 0 Å². The molecular weight excluding hydrogens is 411 g/mol. The molecule has 1 aromatic carbocycles. The van der Waals surface area contributed by atoms with Gasteiger partial charge < -0.3 is 16.7 Å². The van der Waals surface area contributed by atoms with Gasteiger partial charge in [-0.25, -0.2) is 4.99 Å². The van der Waals surface area contributed by atoms with E-state index in [-0.39, 0.29) is 6.29 Å². The highest BCUT2D eigenvalue weighted by atomic mass is 127. The van der Waals surface area contributed by atoms with Crippen LogP contribution in [0, 0.1) is 0 Å². The molecule has 23 heavy (non-hydrogen) atoms. The van der Waals surface area contributed by atoms with Crippen LogP contribution in [0.25, 0.3) is 0 Å². The summed E-state index contributed by atoms with van der Waals surface area (Å²) in [6, 6.07) is 8.59. The Balaban J connectivity index is 0.000000433. The van der Waals surface area contributed by atoms with Crippen LogP contribution in [0.5, 0.6) is 0 Å². The molecule has 2 N–H and O–H groups in total. The standard InChI is InChI=1S/C15H20N4.HIO3/c1-11-10-14(17-15(16-2)18(11)3)19-9-8-12-6-4-5-7-13(12)19;2-1(3)4/h4-7,10,15-16H,8-9H2,1-3H3;2H. The van der Waals surface area contributed by atoms with E-state index < -0.39 is 21.1 Å². The normalized spacial score (nSPS) is 19.9. The third-order valence-electron chi connectivity index (χ3n) is 3.94. The highest BCUT2D eigenvalue weighted by Crippen LogP contribution is 2.29. The first-order valence-corrected chi connectivity index (χ1v) is 9.93. The van der Waals surface area contributed by atoms with E-state index in [1.54, 1.807) is 0 Å². The van der Waals surface area contributed by atoms with Crippen LogP contribution in [0.4, 0.5) is 5.69 Å². The number of hydrogen-bond donors (Lipinski definition) is 2. The van der Waals surface area contributed by atoms with Crippen LogP contribution in [0.1, 0.15) is 12.5 Å². The van der Waals surface area contributed by atoms with Crippen molar-refractivity contribution in [3.05, 3.63) is 41.6 Å². The molecule has 0 spiro atoms. The Morgan fingerprint density at radius 3 is 2.65 bits per heavy atom. The summed E-state index contributed by atoms with van der Waals surface area (Å²) in [5.74, 6) is 1.06. The quantitative estimate of drug-likeness (QED) is 0.438. The van der Waals surface area contributed by atoms with Crippen molar-refractivity contribution in [2.45, 2.75) is 19.6 Å². The molecule has 1 atom stereocenters. The van der Waals surface area contributed by atoms with Crippen LogP contribution in [0.2, 0.25) is 0 Å². The number of hydrogen-bond acceptors (Lipinski definition) is 7. The van der Waals surface area contributed by atoms with Crippen LogP contribution >= 0.6 is 0 Å². The Labute approximate surface area is 145 Å². The number of aliphatic imine (C=N–C) groups is 1. The zero-order valence-corrected chi connectivity index (χ0v) is 15.5. The monoisotopic (exact) mass is 432 g/mol. The number of nitrogens with zero attached hydrogens (tertiary/aromatic N) is 3. The number of fused-ring (bicyclic) bond motifs is 1. The predicted molar refractivity (Wildman–Crippen MR) is 81.5 cm³/mol. The van der Waals surface area contributed by atoms with Crippen LogP contribution in [-0.4, -0.2) is 41.1 Å². The number of nitrogens with one attached hydrogen (secondary N) is 1. The van der Waals surface area contributed by atoms with E-state index in [0.29, 0.717) is 0 Å². The van der Waals surface area contributed by atoms with Gasteiger partial charge in [-0.15, -0.1) is 0 Å². The van der Waals surface area contributed by atoms with E-state index in [0.717, 1.165) is 18.8 Å². The molecule has 126 valence electrons. The fraction of sp³-hybridized carbons (Fsp3) is 0.400. The van der Waals surface area contributed by atoms with Crippen molar-refractivity contribution in [2.24, 2.45) is 4.99 Å². The van der Waals surface area contributed by atoms with Gasteiger partial charge in [0.25, 0.3) is 0 Å². The third kappa shape index (κ3) is 4.42. The summed E-state index contributed by atoms with van der Waals surface area (Å²) >= 11 is -3.76. The third-order valence-corrected chi connectivity index (χ3v) is 3.94. The minimum Gasteiger partial charge on any atom is -0.396 e. The minimum absolute atomic E-state index is 0.0211. The fourth-order valence-electron chi connectivity index (χ4n) is 2.71. The molecule has 0 aromatic heterocycles. The maximum atomic E-state index is 8.68. The predicted octanol–water partition coefficient (Wildman–Crippen LogP) is -4.13. The summed E-state index contributed by atoms with van der Waals surface area (Å²) in [7, 11) is 4.00. The average Bonchev–Trinajstić information content (AvgIpc) is 2.93. The molecule has 2 heterocycles. The van der Waals surface area contributed by atoms with Crippen molar-refractivity contribution in [1.82, 2.24) is 10.2 Å². The molecule has 0 saturated carbocycles. The molecule has 7 nitrogen and oxygen atoms in total. The first-order valence-electron chi connectivity index (χ1n) is 7.20. The molecule has 0 aliphatic carbocycles. The van der Waals surface area contributed by atoms with E-state index in [9.17, 15) is 0 Å². The molecule has 0 saturated heterocycles. The fourth-order valence-corrected chi connectivity index (χ4v) is 2.71. The molecular formula is C15H21IN4O3. The lowest BCUT2D eigenvalue weighted by Gasteiger charge is -2.33. The molecule has 3 rings (SSSR count). The zero-order chi connectivity index (χ0) is 17.0. The van der Waals surface area contributed by atoms with E-state index in [2.05, 4.69) is 59.4 Å². The molecule has 0 bridgehead atoms. The van der Waals surface area contributed by atoms with Crippen molar-refractivity contribution in [3.63, 3.8) is 0 Å². The highest BCUT2D eigenvalue weighted by Gasteiger charge is 2.26. The van der Waals surface area contributed by atoms with Crippen molar-refractivity contribution < 1.29 is 31.4 Å². The van der Waals surface area contributed by atoms with Crippen LogP contribution in [-0.2, 0) is 6.42 Å². The molecule has 1 aromatic rings. The van der Waals surface area contributed by atoms with Crippen LogP contribution in [0.15, 0.2) is 41.0 Å². The number of benzene rings is 1. The maximum Gasteiger partial charge on any atom is 0.503 e. The average molecular weight is 432 g/mol. The number of anilines is 1. The van der Waals surface area contributed by atoms with Crippen molar-refractivity contribution >= 4 is 11.5 Å². The molecule has 0 fully saturated rings. The summed E-state index contributed by atoms with van der Waals surface area (Å²) in [6.07, 6.45) is 3.28. The first kappa shape index (κ1) is 18.1. The van der Waals surface area contributed by atoms with Crippen molar-refractivity contribution in [1.29, 1.82) is 0 Å². The topological polar surface area (TPSA) is 97.2 Å². The van der Waals surface area contributed by atoms with Gasteiger partial charge in [-0.05, 0) is 41.5 Å². The lowest BCUT2D eigenvalue weighted by Crippen LogP contribution is -3.98. The lowest BCUT2D eigenvalue weighted by molar-refractivity contribution is -1.63. The zero-order valence-electron chi connectivity index (χ0n) is 13.4. The Bertz CT molecular complexity index is 603. The SMILES string of the molecule is CNC1N=C(N2CCc3ccccc32)C=C(C)N1C.[O-][I+2]([O-])O. The Morgan fingerprint density at radius 1 is 1.35 bits per heavy atom. The van der Waals surface area contributed by atoms with E-state index in [4.69, 9.17) is 15.3 Å². The largest absolute Gasteiger partial charge is 0.503 e.